The maximum atomic E-state index is 12.1. The molecule has 1 unspecified atom stereocenters. The fourth-order valence-electron chi connectivity index (χ4n) is 2.92. The van der Waals surface area contributed by atoms with Gasteiger partial charge >= 0.3 is 0 Å². The normalized spacial score (nSPS) is 15.9. The highest BCUT2D eigenvalue weighted by molar-refractivity contribution is 6.35. The van der Waals surface area contributed by atoms with Crippen LogP contribution in [0.1, 0.15) is 54.7 Å². The number of carbonyl (C=O) groups is 1. The van der Waals surface area contributed by atoms with Crippen LogP contribution in [0.3, 0.4) is 0 Å². The van der Waals surface area contributed by atoms with Crippen LogP contribution in [0.5, 0.6) is 5.75 Å². The molecule has 1 aliphatic rings. The third-order valence-electron chi connectivity index (χ3n) is 4.06. The summed E-state index contributed by atoms with van der Waals surface area (Å²) in [7, 11) is 0. The Morgan fingerprint density at radius 1 is 1.19 bits per heavy atom. The number of fused-ring (bicyclic) bond motifs is 1. The van der Waals surface area contributed by atoms with Gasteiger partial charge in [0.25, 0.3) is 0 Å². The minimum absolute atomic E-state index is 0.0574. The minimum Gasteiger partial charge on any atom is -0.489 e. The van der Waals surface area contributed by atoms with Crippen molar-refractivity contribution >= 4 is 29.0 Å². The average molecular weight is 409 g/mol. The second-order valence-corrected chi connectivity index (χ2v) is 8.72. The molecule has 0 radical (unpaired) electrons. The van der Waals surface area contributed by atoms with Crippen molar-refractivity contribution in [2.24, 2.45) is 5.92 Å². The van der Waals surface area contributed by atoms with Crippen LogP contribution in [0, 0.1) is 12.8 Å². The van der Waals surface area contributed by atoms with Crippen LogP contribution in [0.4, 0.5) is 0 Å². The van der Waals surface area contributed by atoms with Crippen LogP contribution >= 0.6 is 23.2 Å². The Morgan fingerprint density at radius 2 is 1.74 bits per heavy atom. The quantitative estimate of drug-likeness (QED) is 0.673. The molecule has 3 nitrogen and oxygen atoms in total. The third-order valence-corrected chi connectivity index (χ3v) is 4.76. The van der Waals surface area contributed by atoms with Crippen LogP contribution in [-0.2, 0) is 13.0 Å². The largest absolute Gasteiger partial charge is 0.489 e. The molecule has 0 spiro atoms. The highest BCUT2D eigenvalue weighted by Crippen LogP contribution is 2.33. The van der Waals surface area contributed by atoms with Crippen LogP contribution < -0.4 is 4.74 Å². The van der Waals surface area contributed by atoms with Gasteiger partial charge in [-0.1, -0.05) is 36.2 Å². The first-order valence-electron chi connectivity index (χ1n) is 8.93. The molecule has 27 heavy (non-hydrogen) atoms. The van der Waals surface area contributed by atoms with Crippen LogP contribution in [0.15, 0.2) is 30.3 Å². The van der Waals surface area contributed by atoms with Crippen molar-refractivity contribution in [2.45, 2.75) is 53.2 Å². The van der Waals surface area contributed by atoms with Crippen LogP contribution in [0.2, 0.25) is 10.0 Å². The summed E-state index contributed by atoms with van der Waals surface area (Å²) in [6, 6.07) is 9.25. The van der Waals surface area contributed by atoms with Gasteiger partial charge in [0.15, 0.2) is 5.78 Å². The Hall–Kier alpha value is -1.55. The summed E-state index contributed by atoms with van der Waals surface area (Å²) in [6.45, 7) is 9.45. The van der Waals surface area contributed by atoms with E-state index in [4.69, 9.17) is 33.0 Å². The standard InChI is InChI=1S/C18H16Cl2O2.C4H10O/c1-10-7-13(8-12-6-11(2)18(21)17(10)12)22-9-14-15(19)4-3-5-16(14)20;1-4(2,3)5/h3-5,7-8,11H,6,9H2,1-2H3;5H,1-3H3. The van der Waals surface area contributed by atoms with E-state index in [9.17, 15) is 4.79 Å². The Balaban J connectivity index is 0.000000465. The SMILES string of the molecule is CC(C)(C)O.Cc1cc(OCc2c(Cl)cccc2Cl)cc2c1C(=O)C(C)C2. The van der Waals surface area contributed by atoms with Gasteiger partial charge in [-0.05, 0) is 69.5 Å². The number of halogens is 2. The number of ketones is 1. The van der Waals surface area contributed by atoms with Crippen molar-refractivity contribution in [1.82, 2.24) is 0 Å². The van der Waals surface area contributed by atoms with Crippen molar-refractivity contribution < 1.29 is 14.6 Å². The highest BCUT2D eigenvalue weighted by Gasteiger charge is 2.29. The van der Waals surface area contributed by atoms with E-state index in [0.717, 1.165) is 34.4 Å². The molecule has 0 bridgehead atoms. The van der Waals surface area contributed by atoms with Gasteiger partial charge < -0.3 is 9.84 Å². The number of ether oxygens (including phenoxy) is 1. The molecule has 0 saturated carbocycles. The van der Waals surface area contributed by atoms with Crippen molar-refractivity contribution in [2.75, 3.05) is 0 Å². The summed E-state index contributed by atoms with van der Waals surface area (Å²) in [5.74, 6) is 1.03. The molecule has 2 aromatic rings. The highest BCUT2D eigenvalue weighted by atomic mass is 35.5. The first-order valence-corrected chi connectivity index (χ1v) is 9.68. The molecular weight excluding hydrogens is 383 g/mol. The van der Waals surface area contributed by atoms with Crippen LogP contribution in [-0.4, -0.2) is 16.5 Å². The van der Waals surface area contributed by atoms with E-state index >= 15 is 0 Å². The molecule has 0 amide bonds. The summed E-state index contributed by atoms with van der Waals surface area (Å²) in [6.07, 6.45) is 0.777. The zero-order valence-electron chi connectivity index (χ0n) is 16.4. The molecule has 146 valence electrons. The predicted octanol–water partition coefficient (Wildman–Crippen LogP) is 6.03. The zero-order chi connectivity index (χ0) is 20.4. The van der Waals surface area contributed by atoms with E-state index in [1.165, 1.54) is 0 Å². The molecule has 2 aromatic carbocycles. The lowest BCUT2D eigenvalue weighted by atomic mass is 10.0. The van der Waals surface area contributed by atoms with Gasteiger partial charge in [0, 0.05) is 27.1 Å². The Bertz CT molecular complexity index is 812. The molecule has 3 rings (SSSR count). The number of carbonyl (C=O) groups excluding carboxylic acids is 1. The van der Waals surface area contributed by atoms with Crippen molar-refractivity contribution in [3.8, 4) is 5.75 Å². The second-order valence-electron chi connectivity index (χ2n) is 7.90. The molecule has 0 heterocycles. The summed E-state index contributed by atoms with van der Waals surface area (Å²) in [4.78, 5) is 12.1. The molecule has 1 N–H and O–H groups in total. The van der Waals surface area contributed by atoms with E-state index in [-0.39, 0.29) is 11.7 Å². The predicted molar refractivity (Wildman–Crippen MR) is 111 cm³/mol. The number of benzene rings is 2. The topological polar surface area (TPSA) is 46.5 Å². The molecule has 5 heteroatoms. The fourth-order valence-corrected chi connectivity index (χ4v) is 3.42. The van der Waals surface area contributed by atoms with Crippen molar-refractivity contribution in [3.05, 3.63) is 62.6 Å². The number of Topliss-reactive ketones (excluding diaryl/α,β-unsaturated/α-hetero) is 1. The number of hydrogen-bond acceptors (Lipinski definition) is 3. The summed E-state index contributed by atoms with van der Waals surface area (Å²) >= 11 is 12.3. The molecule has 1 atom stereocenters. The second kappa shape index (κ2) is 8.64. The Labute approximate surface area is 171 Å². The van der Waals surface area contributed by atoms with Crippen molar-refractivity contribution in [1.29, 1.82) is 0 Å². The van der Waals surface area contributed by atoms with E-state index in [1.807, 2.05) is 26.0 Å². The Morgan fingerprint density at radius 3 is 2.30 bits per heavy atom. The maximum absolute atomic E-state index is 12.1. The number of aliphatic hydroxyl groups is 1. The van der Waals surface area contributed by atoms with Gasteiger partial charge in [-0.3, -0.25) is 4.79 Å². The monoisotopic (exact) mass is 408 g/mol. The van der Waals surface area contributed by atoms with Crippen molar-refractivity contribution in [3.63, 3.8) is 0 Å². The van der Waals surface area contributed by atoms with E-state index < -0.39 is 5.60 Å². The molecule has 0 aromatic heterocycles. The van der Waals surface area contributed by atoms with Gasteiger partial charge in [0.2, 0.25) is 0 Å². The third kappa shape index (κ3) is 5.97. The van der Waals surface area contributed by atoms with E-state index in [0.29, 0.717) is 16.7 Å². The van der Waals surface area contributed by atoms with Gasteiger partial charge in [0.1, 0.15) is 12.4 Å². The fraction of sp³-hybridized carbons (Fsp3) is 0.409. The lowest BCUT2D eigenvalue weighted by molar-refractivity contribution is 0.0945. The lowest BCUT2D eigenvalue weighted by Gasteiger charge is -2.12. The first-order chi connectivity index (χ1) is 12.5. The number of aryl methyl sites for hydroxylation is 1. The molecule has 1 aliphatic carbocycles. The van der Waals surface area contributed by atoms with Gasteiger partial charge in [-0.15, -0.1) is 0 Å². The maximum Gasteiger partial charge on any atom is 0.166 e. The minimum atomic E-state index is -0.500. The van der Waals surface area contributed by atoms with E-state index in [1.54, 1.807) is 39.0 Å². The molecule has 0 fully saturated rings. The molecule has 0 aliphatic heterocycles. The number of rotatable bonds is 3. The van der Waals surface area contributed by atoms with Gasteiger partial charge in [-0.2, -0.15) is 0 Å². The van der Waals surface area contributed by atoms with Crippen LogP contribution in [0.25, 0.3) is 0 Å². The van der Waals surface area contributed by atoms with Gasteiger partial charge in [-0.25, -0.2) is 0 Å². The first kappa shape index (κ1) is 21.7. The van der Waals surface area contributed by atoms with E-state index in [2.05, 4.69) is 0 Å². The molecular formula is C22H26Cl2O3. The zero-order valence-corrected chi connectivity index (χ0v) is 17.9. The summed E-state index contributed by atoms with van der Waals surface area (Å²) in [5, 5.41) is 9.70. The Kier molecular flexibility index (Phi) is 6.96. The van der Waals surface area contributed by atoms with Gasteiger partial charge in [0.05, 0.1) is 5.60 Å². The smallest absolute Gasteiger partial charge is 0.166 e. The molecule has 0 saturated heterocycles. The average Bonchev–Trinajstić information content (AvgIpc) is 2.80. The number of hydrogen-bond donors (Lipinski definition) is 1. The lowest BCUT2D eigenvalue weighted by Crippen LogP contribution is -2.10. The summed E-state index contributed by atoms with van der Waals surface area (Å²) in [5.41, 5.74) is 3.16. The summed E-state index contributed by atoms with van der Waals surface area (Å²) < 4.78 is 5.85.